The second-order valence-corrected chi connectivity index (χ2v) is 7.21. The number of pyridine rings is 1. The molecule has 158 valence electrons. The van der Waals surface area contributed by atoms with Gasteiger partial charge in [0.15, 0.2) is 5.96 Å². The largest absolute Gasteiger partial charge is 0.370 e. The third kappa shape index (κ3) is 6.30. The van der Waals surface area contributed by atoms with Crippen molar-refractivity contribution < 1.29 is 4.74 Å². The normalized spacial score (nSPS) is 16.9. The molecule has 0 saturated carbocycles. The van der Waals surface area contributed by atoms with E-state index >= 15 is 0 Å². The summed E-state index contributed by atoms with van der Waals surface area (Å²) in [7, 11) is 4.00. The van der Waals surface area contributed by atoms with E-state index in [1.54, 1.807) is 0 Å². The van der Waals surface area contributed by atoms with E-state index in [0.717, 1.165) is 37.1 Å². The fourth-order valence-electron chi connectivity index (χ4n) is 3.36. The van der Waals surface area contributed by atoms with Crippen LogP contribution in [0.25, 0.3) is 0 Å². The highest BCUT2D eigenvalue weighted by Gasteiger charge is 2.25. The van der Waals surface area contributed by atoms with Crippen LogP contribution < -0.4 is 10.2 Å². The average molecular weight is 509 g/mol. The van der Waals surface area contributed by atoms with Crippen LogP contribution in [0.5, 0.6) is 0 Å². The van der Waals surface area contributed by atoms with E-state index in [-0.39, 0.29) is 30.1 Å². The molecular formula is C22H32IN5O. The van der Waals surface area contributed by atoms with Gasteiger partial charge >= 0.3 is 0 Å². The molecule has 0 amide bonds. The van der Waals surface area contributed by atoms with E-state index in [2.05, 4.69) is 53.3 Å². The highest BCUT2D eigenvalue weighted by Crippen LogP contribution is 2.25. The molecule has 0 radical (unpaired) electrons. The number of rotatable bonds is 5. The first-order chi connectivity index (χ1) is 13.6. The Morgan fingerprint density at radius 2 is 2.03 bits per heavy atom. The number of guanidine groups is 1. The molecule has 1 aromatic carbocycles. The van der Waals surface area contributed by atoms with Crippen molar-refractivity contribution in [2.45, 2.75) is 26.5 Å². The van der Waals surface area contributed by atoms with E-state index in [4.69, 9.17) is 9.73 Å². The molecule has 1 N–H and O–H groups in total. The van der Waals surface area contributed by atoms with Gasteiger partial charge in [-0.3, -0.25) is 0 Å². The van der Waals surface area contributed by atoms with E-state index in [9.17, 15) is 0 Å². The quantitative estimate of drug-likeness (QED) is 0.379. The van der Waals surface area contributed by atoms with Crippen molar-refractivity contribution in [3.8, 4) is 0 Å². The number of hydrogen-bond acceptors (Lipinski definition) is 4. The summed E-state index contributed by atoms with van der Waals surface area (Å²) in [5.74, 6) is 1.87. The Bertz CT molecular complexity index is 811. The van der Waals surface area contributed by atoms with Gasteiger partial charge in [0, 0.05) is 27.2 Å². The van der Waals surface area contributed by atoms with Gasteiger partial charge in [0.1, 0.15) is 11.9 Å². The number of hydrogen-bond donors (Lipinski definition) is 1. The molecule has 3 rings (SSSR count). The van der Waals surface area contributed by atoms with E-state index < -0.39 is 0 Å². The maximum Gasteiger partial charge on any atom is 0.194 e. The molecule has 1 aliphatic heterocycles. The second-order valence-electron chi connectivity index (χ2n) is 7.21. The van der Waals surface area contributed by atoms with Gasteiger partial charge in [-0.25, -0.2) is 9.98 Å². The smallest absolute Gasteiger partial charge is 0.194 e. The summed E-state index contributed by atoms with van der Waals surface area (Å²) >= 11 is 0. The molecule has 6 nitrogen and oxygen atoms in total. The first-order valence-corrected chi connectivity index (χ1v) is 9.92. The predicted molar refractivity (Wildman–Crippen MR) is 130 cm³/mol. The first-order valence-electron chi connectivity index (χ1n) is 9.92. The van der Waals surface area contributed by atoms with Crippen LogP contribution in [0.1, 0.15) is 29.8 Å². The zero-order valence-electron chi connectivity index (χ0n) is 17.8. The summed E-state index contributed by atoms with van der Waals surface area (Å²) in [6.45, 7) is 7.94. The van der Waals surface area contributed by atoms with Crippen molar-refractivity contribution in [2.75, 3.05) is 45.2 Å². The Morgan fingerprint density at radius 1 is 1.24 bits per heavy atom. The van der Waals surface area contributed by atoms with Crippen LogP contribution in [0, 0.1) is 6.92 Å². The van der Waals surface area contributed by atoms with Crippen molar-refractivity contribution >= 4 is 35.8 Å². The van der Waals surface area contributed by atoms with Crippen molar-refractivity contribution in [1.82, 2.24) is 15.2 Å². The Morgan fingerprint density at radius 3 is 2.76 bits per heavy atom. The van der Waals surface area contributed by atoms with Crippen molar-refractivity contribution in [3.05, 3.63) is 59.3 Å². The topological polar surface area (TPSA) is 53.0 Å². The Balaban J connectivity index is 0.00000300. The highest BCUT2D eigenvalue weighted by molar-refractivity contribution is 14.0. The number of nitrogens with one attached hydrogen (secondary N) is 1. The number of aliphatic imine (C=N–C) groups is 1. The van der Waals surface area contributed by atoms with Crippen LogP contribution in [0.15, 0.2) is 47.5 Å². The summed E-state index contributed by atoms with van der Waals surface area (Å²) in [6.07, 6.45) is 0.0639. The fourth-order valence-corrected chi connectivity index (χ4v) is 3.36. The molecule has 1 saturated heterocycles. The summed E-state index contributed by atoms with van der Waals surface area (Å²) in [4.78, 5) is 13.8. The molecule has 1 aliphatic rings. The molecule has 0 bridgehead atoms. The zero-order valence-corrected chi connectivity index (χ0v) is 20.1. The molecule has 29 heavy (non-hydrogen) atoms. The summed E-state index contributed by atoms with van der Waals surface area (Å²) < 4.78 is 6.07. The van der Waals surface area contributed by atoms with Gasteiger partial charge < -0.3 is 19.9 Å². The predicted octanol–water partition coefficient (Wildman–Crippen LogP) is 3.61. The van der Waals surface area contributed by atoms with Gasteiger partial charge in [-0.15, -0.1) is 24.0 Å². The molecule has 1 fully saturated rings. The maximum atomic E-state index is 6.07. The maximum absolute atomic E-state index is 6.07. The minimum Gasteiger partial charge on any atom is -0.370 e. The van der Waals surface area contributed by atoms with Crippen molar-refractivity contribution in [2.24, 2.45) is 4.99 Å². The lowest BCUT2D eigenvalue weighted by atomic mass is 10.0. The number of benzene rings is 1. The SMILES string of the molecule is CCNC(=NCc1cccc(N(C)C)n1)N1CCOC(c2ccccc2C)C1.I. The number of nitrogens with zero attached hydrogens (tertiary/aromatic N) is 4. The molecule has 1 atom stereocenters. The molecule has 1 aromatic heterocycles. The first kappa shape index (κ1) is 23.4. The highest BCUT2D eigenvalue weighted by atomic mass is 127. The third-order valence-electron chi connectivity index (χ3n) is 4.88. The lowest BCUT2D eigenvalue weighted by Crippen LogP contribution is -2.48. The van der Waals surface area contributed by atoms with Gasteiger partial charge in [0.2, 0.25) is 0 Å². The number of halogens is 1. The van der Waals surface area contributed by atoms with Crippen LogP contribution in [0.3, 0.4) is 0 Å². The molecule has 1 unspecified atom stereocenters. The fraction of sp³-hybridized carbons (Fsp3) is 0.455. The molecule has 0 aliphatic carbocycles. The summed E-state index contributed by atoms with van der Waals surface area (Å²) in [5.41, 5.74) is 3.48. The molecular weight excluding hydrogens is 477 g/mol. The van der Waals surface area contributed by atoms with Crippen LogP contribution in [-0.2, 0) is 11.3 Å². The molecule has 0 spiro atoms. The Labute approximate surface area is 191 Å². The van der Waals surface area contributed by atoms with Gasteiger partial charge in [0.05, 0.1) is 25.4 Å². The molecule has 7 heteroatoms. The van der Waals surface area contributed by atoms with E-state index in [1.807, 2.05) is 37.2 Å². The zero-order chi connectivity index (χ0) is 19.9. The lowest BCUT2D eigenvalue weighted by molar-refractivity contribution is -0.00834. The van der Waals surface area contributed by atoms with Gasteiger partial charge in [-0.05, 0) is 37.1 Å². The second kappa shape index (κ2) is 11.3. The van der Waals surface area contributed by atoms with E-state index in [0.29, 0.717) is 13.2 Å². The van der Waals surface area contributed by atoms with Gasteiger partial charge in [0.25, 0.3) is 0 Å². The van der Waals surface area contributed by atoms with E-state index in [1.165, 1.54) is 11.1 Å². The molecule has 2 heterocycles. The molecule has 2 aromatic rings. The third-order valence-corrected chi connectivity index (χ3v) is 4.88. The van der Waals surface area contributed by atoms with Gasteiger partial charge in [-0.1, -0.05) is 30.3 Å². The number of anilines is 1. The van der Waals surface area contributed by atoms with Gasteiger partial charge in [-0.2, -0.15) is 0 Å². The van der Waals surface area contributed by atoms with Crippen LogP contribution >= 0.6 is 24.0 Å². The van der Waals surface area contributed by atoms with Crippen LogP contribution in [0.2, 0.25) is 0 Å². The number of ether oxygens (including phenoxy) is 1. The standard InChI is InChI=1S/C22H31N5O.HI/c1-5-23-22(24-15-18-10-8-12-21(25-18)26(3)4)27-13-14-28-20(16-27)19-11-7-6-9-17(19)2;/h6-12,20H,5,13-16H2,1-4H3,(H,23,24);1H. The lowest BCUT2D eigenvalue weighted by Gasteiger charge is -2.35. The van der Waals surface area contributed by atoms with Crippen LogP contribution in [0.4, 0.5) is 5.82 Å². The Kier molecular flexibility index (Phi) is 9.16. The number of morpholine rings is 1. The minimum atomic E-state index is 0. The van der Waals surface area contributed by atoms with Crippen LogP contribution in [-0.4, -0.2) is 56.2 Å². The monoisotopic (exact) mass is 509 g/mol. The average Bonchev–Trinajstić information content (AvgIpc) is 2.72. The Hall–Kier alpha value is -1.87. The van der Waals surface area contributed by atoms with Crippen molar-refractivity contribution in [1.29, 1.82) is 0 Å². The number of aromatic nitrogens is 1. The number of aryl methyl sites for hydroxylation is 1. The summed E-state index contributed by atoms with van der Waals surface area (Å²) in [5, 5.41) is 3.43. The minimum absolute atomic E-state index is 0. The van der Waals surface area contributed by atoms with Crippen molar-refractivity contribution in [3.63, 3.8) is 0 Å². The summed E-state index contributed by atoms with van der Waals surface area (Å²) in [6, 6.07) is 14.5.